The summed E-state index contributed by atoms with van der Waals surface area (Å²) in [7, 11) is 0. The molecular formula is C10H14O5. The summed E-state index contributed by atoms with van der Waals surface area (Å²) in [5.41, 5.74) is 0. The van der Waals surface area contributed by atoms with Crippen molar-refractivity contribution >= 4 is 5.97 Å². The second-order valence-corrected chi connectivity index (χ2v) is 4.13. The van der Waals surface area contributed by atoms with E-state index in [1.54, 1.807) is 0 Å². The van der Waals surface area contributed by atoms with Gasteiger partial charge >= 0.3 is 5.97 Å². The van der Waals surface area contributed by atoms with Gasteiger partial charge < -0.3 is 18.9 Å². The first-order valence-electron chi connectivity index (χ1n) is 5.40. The van der Waals surface area contributed by atoms with Gasteiger partial charge in [-0.1, -0.05) is 0 Å². The molecule has 84 valence electrons. The van der Waals surface area contributed by atoms with Gasteiger partial charge in [-0.25, -0.2) is 0 Å². The highest BCUT2D eigenvalue weighted by atomic mass is 16.8. The quantitative estimate of drug-likeness (QED) is 0.552. The highest BCUT2D eigenvalue weighted by Crippen LogP contribution is 2.47. The minimum atomic E-state index is -0.973. The molecule has 0 aliphatic carbocycles. The average molecular weight is 214 g/mol. The van der Waals surface area contributed by atoms with Gasteiger partial charge in [-0.3, -0.25) is 4.79 Å². The number of fused-ring (bicyclic) bond motifs is 1. The first-order chi connectivity index (χ1) is 7.27. The van der Waals surface area contributed by atoms with Crippen LogP contribution in [0, 0.1) is 0 Å². The summed E-state index contributed by atoms with van der Waals surface area (Å²) in [5.74, 6) is -2.04. The Bertz CT molecular complexity index is 284. The molecule has 3 saturated heterocycles. The van der Waals surface area contributed by atoms with E-state index in [4.69, 9.17) is 18.9 Å². The molecule has 3 fully saturated rings. The third kappa shape index (κ3) is 1.23. The molecule has 3 aliphatic heterocycles. The van der Waals surface area contributed by atoms with Gasteiger partial charge in [-0.2, -0.15) is 0 Å². The molecule has 1 unspecified atom stereocenters. The van der Waals surface area contributed by atoms with Crippen molar-refractivity contribution in [1.82, 2.24) is 0 Å². The number of rotatable bonds is 0. The molecule has 2 spiro atoms. The molecule has 15 heavy (non-hydrogen) atoms. The van der Waals surface area contributed by atoms with E-state index >= 15 is 0 Å². The fourth-order valence-corrected chi connectivity index (χ4v) is 2.58. The van der Waals surface area contributed by atoms with Gasteiger partial charge in [-0.05, 0) is 6.42 Å². The molecule has 0 radical (unpaired) electrons. The Morgan fingerprint density at radius 2 is 1.67 bits per heavy atom. The second-order valence-electron chi connectivity index (χ2n) is 4.13. The maximum Gasteiger partial charge on any atom is 0.308 e. The fraction of sp³-hybridized carbons (Fsp3) is 0.900. The Balaban J connectivity index is 1.93. The maximum atomic E-state index is 11.2. The lowest BCUT2D eigenvalue weighted by Gasteiger charge is -2.44. The summed E-state index contributed by atoms with van der Waals surface area (Å²) in [5, 5.41) is 0. The van der Waals surface area contributed by atoms with E-state index in [1.807, 2.05) is 0 Å². The van der Waals surface area contributed by atoms with Crippen LogP contribution in [0.5, 0.6) is 0 Å². The highest BCUT2D eigenvalue weighted by Gasteiger charge is 2.64. The molecule has 3 heterocycles. The molecule has 0 aromatic heterocycles. The lowest BCUT2D eigenvalue weighted by atomic mass is 9.95. The molecule has 0 aromatic carbocycles. The van der Waals surface area contributed by atoms with Crippen molar-refractivity contribution < 1.29 is 23.7 Å². The van der Waals surface area contributed by atoms with Gasteiger partial charge in [0.1, 0.15) is 0 Å². The van der Waals surface area contributed by atoms with E-state index in [0.717, 1.165) is 12.8 Å². The predicted molar refractivity (Wildman–Crippen MR) is 47.9 cm³/mol. The second kappa shape index (κ2) is 3.17. The van der Waals surface area contributed by atoms with E-state index in [9.17, 15) is 4.79 Å². The van der Waals surface area contributed by atoms with E-state index in [-0.39, 0.29) is 5.97 Å². The van der Waals surface area contributed by atoms with Crippen molar-refractivity contribution in [1.29, 1.82) is 0 Å². The zero-order chi connectivity index (χ0) is 10.4. The number of esters is 1. The largest absolute Gasteiger partial charge is 0.427 e. The molecule has 0 aromatic rings. The summed E-state index contributed by atoms with van der Waals surface area (Å²) < 4.78 is 22.2. The van der Waals surface area contributed by atoms with Crippen LogP contribution in [0.2, 0.25) is 0 Å². The van der Waals surface area contributed by atoms with Gasteiger partial charge in [0.2, 0.25) is 5.79 Å². The molecular weight excluding hydrogens is 200 g/mol. The van der Waals surface area contributed by atoms with Crippen LogP contribution >= 0.6 is 0 Å². The molecule has 3 rings (SSSR count). The van der Waals surface area contributed by atoms with E-state index in [1.165, 1.54) is 0 Å². The molecule has 0 saturated carbocycles. The van der Waals surface area contributed by atoms with E-state index < -0.39 is 11.6 Å². The van der Waals surface area contributed by atoms with Crippen molar-refractivity contribution in [3.63, 3.8) is 0 Å². The molecule has 0 N–H and O–H groups in total. The van der Waals surface area contributed by atoms with Gasteiger partial charge in [0.15, 0.2) is 0 Å². The standard InChI is InChI=1S/C10H14O5/c11-8-2-4-10(15-8)9(3-1-5-12-10)13-6-7-14-9/h1-7H2. The van der Waals surface area contributed by atoms with Gasteiger partial charge in [0.25, 0.3) is 5.79 Å². The Hall–Kier alpha value is -0.650. The van der Waals surface area contributed by atoms with Crippen LogP contribution < -0.4 is 0 Å². The summed E-state index contributed by atoms with van der Waals surface area (Å²) >= 11 is 0. The third-order valence-corrected chi connectivity index (χ3v) is 3.26. The molecule has 0 amide bonds. The zero-order valence-corrected chi connectivity index (χ0v) is 8.49. The zero-order valence-electron chi connectivity index (χ0n) is 8.49. The van der Waals surface area contributed by atoms with Crippen LogP contribution in [0.15, 0.2) is 0 Å². The monoisotopic (exact) mass is 214 g/mol. The number of hydrogen-bond donors (Lipinski definition) is 0. The number of carbonyl (C=O) groups excluding carboxylic acids is 1. The summed E-state index contributed by atoms with van der Waals surface area (Å²) in [6.07, 6.45) is 2.53. The highest BCUT2D eigenvalue weighted by molar-refractivity contribution is 5.72. The normalized spacial score (nSPS) is 38.8. The average Bonchev–Trinajstić information content (AvgIpc) is 2.81. The van der Waals surface area contributed by atoms with E-state index in [0.29, 0.717) is 32.7 Å². The lowest BCUT2D eigenvalue weighted by Crippen LogP contribution is -2.59. The molecule has 0 bridgehead atoms. The van der Waals surface area contributed by atoms with Crippen LogP contribution in [0.4, 0.5) is 0 Å². The Morgan fingerprint density at radius 1 is 0.933 bits per heavy atom. The number of carbonyl (C=O) groups is 1. The lowest BCUT2D eigenvalue weighted by molar-refractivity contribution is -0.378. The van der Waals surface area contributed by atoms with Crippen molar-refractivity contribution in [2.24, 2.45) is 0 Å². The van der Waals surface area contributed by atoms with Crippen molar-refractivity contribution in [2.75, 3.05) is 19.8 Å². The van der Waals surface area contributed by atoms with E-state index in [2.05, 4.69) is 0 Å². The minimum Gasteiger partial charge on any atom is -0.427 e. The van der Waals surface area contributed by atoms with Crippen LogP contribution in [0.25, 0.3) is 0 Å². The Morgan fingerprint density at radius 3 is 2.33 bits per heavy atom. The summed E-state index contributed by atoms with van der Waals surface area (Å²) in [4.78, 5) is 11.2. The Kier molecular flexibility index (Phi) is 2.02. The first-order valence-corrected chi connectivity index (χ1v) is 5.40. The number of hydrogen-bond acceptors (Lipinski definition) is 5. The third-order valence-electron chi connectivity index (χ3n) is 3.26. The van der Waals surface area contributed by atoms with Gasteiger partial charge in [0.05, 0.1) is 26.2 Å². The summed E-state index contributed by atoms with van der Waals surface area (Å²) in [6, 6.07) is 0. The maximum absolute atomic E-state index is 11.2. The van der Waals surface area contributed by atoms with Crippen LogP contribution in [-0.4, -0.2) is 37.4 Å². The molecule has 5 nitrogen and oxygen atoms in total. The number of ether oxygens (including phenoxy) is 4. The fourth-order valence-electron chi connectivity index (χ4n) is 2.58. The molecule has 3 aliphatic rings. The van der Waals surface area contributed by atoms with Gasteiger partial charge in [0, 0.05) is 12.8 Å². The smallest absolute Gasteiger partial charge is 0.308 e. The SMILES string of the molecule is O=C1CCC2(OCCCC23OCCO3)O1. The summed E-state index contributed by atoms with van der Waals surface area (Å²) in [6.45, 7) is 1.69. The van der Waals surface area contributed by atoms with Crippen molar-refractivity contribution in [2.45, 2.75) is 37.3 Å². The van der Waals surface area contributed by atoms with Crippen LogP contribution in [0.1, 0.15) is 25.7 Å². The van der Waals surface area contributed by atoms with Gasteiger partial charge in [-0.15, -0.1) is 0 Å². The molecule has 1 atom stereocenters. The molecule has 5 heteroatoms. The minimum absolute atomic E-state index is 0.227. The van der Waals surface area contributed by atoms with Crippen molar-refractivity contribution in [3.05, 3.63) is 0 Å². The first kappa shape index (κ1) is 9.57. The van der Waals surface area contributed by atoms with Crippen molar-refractivity contribution in [3.8, 4) is 0 Å². The van der Waals surface area contributed by atoms with Crippen LogP contribution in [-0.2, 0) is 23.7 Å². The topological polar surface area (TPSA) is 54.0 Å². The predicted octanol–water partition coefficient (Wildman–Crippen LogP) is 0.573. The van der Waals surface area contributed by atoms with Crippen LogP contribution in [0.3, 0.4) is 0 Å². The Labute approximate surface area is 87.6 Å².